The van der Waals surface area contributed by atoms with Crippen LogP contribution < -0.4 is 5.32 Å². The number of likely N-dealkylation sites (N-methyl/N-ethyl adjacent to an activating group) is 1. The number of nitrogens with zero attached hydrogens (tertiary/aromatic N) is 2. The Kier molecular flexibility index (Phi) is 13.9. The molecule has 0 aliphatic carbocycles. The first kappa shape index (κ1) is 42.7. The van der Waals surface area contributed by atoms with Crippen LogP contribution in [0, 0.1) is 36.7 Å². The molecule has 1 radical (unpaired) electrons. The van der Waals surface area contributed by atoms with E-state index in [9.17, 15) is 29.1 Å². The van der Waals surface area contributed by atoms with E-state index in [-0.39, 0.29) is 51.2 Å². The third-order valence-electron chi connectivity index (χ3n) is 10.8. The smallest absolute Gasteiger partial charge is 0.408 e. The standard InChI is InChI=1S/C36H54N3O11.Re/c1-12-25-36(9)29(37-33(44)49-36)21(5)26(40)19(3)16-35(8,50-34(45)39-14-13-18(2)17-39)30(22(6)27(41)23(7)31(43)47-25)48-32-28(42)24(38(10)11)15-20(4)46-32;/h14,17,19-25,28-30,32,42H,12,15-16H2,1-11H3,(H,37,44);/q-1;/t19-,20-,21+,22+,23-,24+,25-,28-,29-,30-,32+,35-,36-;/m1./s1. The van der Waals surface area contributed by atoms with Gasteiger partial charge in [-0.25, -0.2) is 21.2 Å². The van der Waals surface area contributed by atoms with Crippen LogP contribution in [-0.2, 0) is 58.5 Å². The van der Waals surface area contributed by atoms with Crippen LogP contribution in [0.1, 0.15) is 80.2 Å². The van der Waals surface area contributed by atoms with Gasteiger partial charge in [0, 0.05) is 44.2 Å². The van der Waals surface area contributed by atoms with Crippen LogP contribution in [0.15, 0.2) is 12.4 Å². The third kappa shape index (κ3) is 8.77. The Morgan fingerprint density at radius 1 is 1.10 bits per heavy atom. The van der Waals surface area contributed by atoms with Gasteiger partial charge in [-0.3, -0.25) is 14.4 Å². The fourth-order valence-corrected chi connectivity index (χ4v) is 7.90. The quantitative estimate of drug-likeness (QED) is 0.192. The summed E-state index contributed by atoms with van der Waals surface area (Å²) in [5, 5.41) is 14.2. The van der Waals surface area contributed by atoms with Gasteiger partial charge in [0.05, 0.1) is 12.1 Å². The molecule has 51 heavy (non-hydrogen) atoms. The largest absolute Gasteiger partial charge is 0.458 e. The van der Waals surface area contributed by atoms with Gasteiger partial charge in [-0.05, 0) is 61.1 Å². The number of nitrogens with one attached hydrogen (secondary N) is 1. The Labute approximate surface area is 314 Å². The predicted molar refractivity (Wildman–Crippen MR) is 179 cm³/mol. The number of alkyl carbamates (subject to hydrolysis) is 1. The molecule has 3 fully saturated rings. The number of carbonyl (C=O) groups excluding carboxylic acids is 5. The maximum atomic E-state index is 14.3. The van der Waals surface area contributed by atoms with E-state index in [1.54, 1.807) is 48.5 Å². The number of Topliss-reactive ketones (excluding diaryl/α,β-unsaturated/α-hetero) is 2. The summed E-state index contributed by atoms with van der Waals surface area (Å²) < 4.78 is 31.7. The molecule has 0 aromatic carbocycles. The molecular formula is C36H54N3O11Re-. The van der Waals surface area contributed by atoms with E-state index in [0.717, 1.165) is 0 Å². The van der Waals surface area contributed by atoms with Crippen LogP contribution in [0.4, 0.5) is 9.59 Å². The van der Waals surface area contributed by atoms with E-state index in [2.05, 4.69) is 11.4 Å². The van der Waals surface area contributed by atoms with E-state index >= 15 is 0 Å². The number of rotatable bonds is 5. The summed E-state index contributed by atoms with van der Waals surface area (Å²) >= 11 is 0. The van der Waals surface area contributed by atoms with Gasteiger partial charge >= 0.3 is 18.2 Å². The molecule has 1 aromatic heterocycles. The van der Waals surface area contributed by atoms with Gasteiger partial charge < -0.3 is 43.6 Å². The van der Waals surface area contributed by atoms with Crippen molar-refractivity contribution in [3.8, 4) is 0 Å². The van der Waals surface area contributed by atoms with Crippen molar-refractivity contribution in [3.63, 3.8) is 0 Å². The molecule has 1 amide bonds. The molecule has 4 heterocycles. The minimum atomic E-state index is -1.71. The second-order valence-corrected chi connectivity index (χ2v) is 15.0. The van der Waals surface area contributed by atoms with Crippen LogP contribution in [0.3, 0.4) is 0 Å². The number of cyclic esters (lactones) is 1. The summed E-state index contributed by atoms with van der Waals surface area (Å²) in [5.74, 6) is -5.84. The van der Waals surface area contributed by atoms with Crippen molar-refractivity contribution in [2.24, 2.45) is 23.7 Å². The monoisotopic (exact) mass is 891 g/mol. The third-order valence-corrected chi connectivity index (χ3v) is 10.8. The Balaban J connectivity index is 0.00000702. The van der Waals surface area contributed by atoms with E-state index in [1.807, 2.05) is 25.9 Å². The van der Waals surface area contributed by atoms with E-state index < -0.39 is 89.5 Å². The van der Waals surface area contributed by atoms with Crippen molar-refractivity contribution < 1.29 is 73.2 Å². The molecule has 0 spiro atoms. The molecule has 4 rings (SSSR count). The summed E-state index contributed by atoms with van der Waals surface area (Å²) in [5.41, 5.74) is -2.46. The molecule has 13 atom stereocenters. The number of ketones is 2. The maximum Gasteiger partial charge on any atom is 0.408 e. The zero-order chi connectivity index (χ0) is 37.5. The number of aliphatic hydroxyl groups is 1. The molecule has 1 aromatic rings. The van der Waals surface area contributed by atoms with Gasteiger partial charge in [0.25, 0.3) is 0 Å². The molecule has 15 heteroatoms. The van der Waals surface area contributed by atoms with E-state index in [1.165, 1.54) is 23.9 Å². The van der Waals surface area contributed by atoms with Gasteiger partial charge in [0.2, 0.25) is 0 Å². The molecule has 0 unspecified atom stereocenters. The maximum absolute atomic E-state index is 14.3. The second-order valence-electron chi connectivity index (χ2n) is 15.0. The van der Waals surface area contributed by atoms with Crippen LogP contribution >= 0.6 is 0 Å². The zero-order valence-electron chi connectivity index (χ0n) is 31.4. The number of fused-ring (bicyclic) bond motifs is 1. The molecule has 0 bridgehead atoms. The van der Waals surface area contributed by atoms with Gasteiger partial charge in [-0.1, -0.05) is 40.8 Å². The molecule has 3 aliphatic rings. The number of ether oxygens (including phenoxy) is 5. The number of hydrogen-bond donors (Lipinski definition) is 2. The normalized spacial score (nSPS) is 39.6. The van der Waals surface area contributed by atoms with Crippen molar-refractivity contribution in [3.05, 3.63) is 24.0 Å². The van der Waals surface area contributed by atoms with Gasteiger partial charge in [-0.2, -0.15) is 0 Å². The summed E-state index contributed by atoms with van der Waals surface area (Å²) in [6, 6.07) is 1.68. The number of aryl methyl sites for hydroxylation is 1. The Hall–Kier alpha value is -2.67. The fourth-order valence-electron chi connectivity index (χ4n) is 7.90. The van der Waals surface area contributed by atoms with Crippen LogP contribution in [-0.4, -0.2) is 112 Å². The molecule has 2 N–H and O–H groups in total. The van der Waals surface area contributed by atoms with Gasteiger partial charge in [0.1, 0.15) is 35.6 Å². The van der Waals surface area contributed by atoms with Crippen LogP contribution in [0.2, 0.25) is 0 Å². The van der Waals surface area contributed by atoms with Gasteiger partial charge in [-0.15, -0.1) is 6.20 Å². The molecule has 0 saturated carbocycles. The van der Waals surface area contributed by atoms with Crippen LogP contribution in [0.5, 0.6) is 0 Å². The number of aliphatic hydroxyl groups excluding tert-OH is 1. The number of amides is 1. The van der Waals surface area contributed by atoms with E-state index in [4.69, 9.17) is 23.7 Å². The SMILES string of the molecule is CC[C@H]1OC(=O)[C@H](C)C(=O)[C@H](C)[C@@H](O[C@@H]2O[C@H](C)C[C@H](N(C)C)[C@H]2O)[C@](C)(OC(=O)n2c[c-]c(C)c2)C[C@@H](C)C(=O)[C@H](C)[C@H]2NC(=O)O[C@@]21C.[Re]. The molecule has 14 nitrogen and oxygen atoms in total. The minimum Gasteiger partial charge on any atom is -0.458 e. The first-order valence-electron chi connectivity index (χ1n) is 17.5. The van der Waals surface area contributed by atoms with Crippen molar-refractivity contribution in [1.29, 1.82) is 0 Å². The Morgan fingerprint density at radius 2 is 1.75 bits per heavy atom. The number of carbonyl (C=O) groups is 5. The molecular weight excluding hydrogens is 837 g/mol. The topological polar surface area (TPSA) is 172 Å². The zero-order valence-corrected chi connectivity index (χ0v) is 34.1. The predicted octanol–water partition coefficient (Wildman–Crippen LogP) is 3.42. The summed E-state index contributed by atoms with van der Waals surface area (Å²) in [6.45, 7) is 14.8. The average molecular weight is 891 g/mol. The van der Waals surface area contributed by atoms with Crippen molar-refractivity contribution in [2.45, 2.75) is 136 Å². The Bertz CT molecular complexity index is 1450. The van der Waals surface area contributed by atoms with Crippen molar-refractivity contribution >= 4 is 29.7 Å². The number of aromatic nitrogens is 1. The molecule has 287 valence electrons. The number of esters is 1. The molecule has 3 saturated heterocycles. The van der Waals surface area contributed by atoms with E-state index in [0.29, 0.717) is 12.0 Å². The van der Waals surface area contributed by atoms with Crippen LogP contribution in [0.25, 0.3) is 0 Å². The van der Waals surface area contributed by atoms with Gasteiger partial charge in [0.15, 0.2) is 17.7 Å². The first-order valence-corrected chi connectivity index (χ1v) is 17.5. The summed E-state index contributed by atoms with van der Waals surface area (Å²) in [4.78, 5) is 70.5. The number of hydrogen-bond acceptors (Lipinski definition) is 12. The summed E-state index contributed by atoms with van der Waals surface area (Å²) in [7, 11) is 3.65. The van der Waals surface area contributed by atoms with Crippen molar-refractivity contribution in [2.75, 3.05) is 14.1 Å². The average Bonchev–Trinajstić information content (AvgIpc) is 3.63. The van der Waals surface area contributed by atoms with Crippen molar-refractivity contribution in [1.82, 2.24) is 14.8 Å². The fraction of sp³-hybridized carbons (Fsp3) is 0.750. The molecule has 3 aliphatic heterocycles. The first-order chi connectivity index (χ1) is 23.2. The summed E-state index contributed by atoms with van der Waals surface area (Å²) in [6.07, 6.45) is -3.08. The minimum absolute atomic E-state index is 0. The second kappa shape index (κ2) is 16.6. The Morgan fingerprint density at radius 3 is 2.31 bits per heavy atom.